The largest absolute Gasteiger partial charge is 0.394 e. The molecule has 1 fully saturated rings. The van der Waals surface area contributed by atoms with E-state index in [0.29, 0.717) is 0 Å². The number of amides is 1. The quantitative estimate of drug-likeness (QED) is 0.379. The summed E-state index contributed by atoms with van der Waals surface area (Å²) in [6.07, 6.45) is -2.00. The molecule has 4 atom stereocenters. The second-order valence-corrected chi connectivity index (χ2v) is 4.89. The zero-order chi connectivity index (χ0) is 16.3. The van der Waals surface area contributed by atoms with Gasteiger partial charge in [-0.2, -0.15) is 0 Å². The van der Waals surface area contributed by atoms with Crippen LogP contribution in [-0.2, 0) is 9.53 Å². The van der Waals surface area contributed by atoms with Crippen LogP contribution in [0.1, 0.15) is 12.6 Å². The number of nitrogens with zero attached hydrogens (tertiary/aromatic N) is 1. The smallest absolute Gasteiger partial charge is 0.330 e. The lowest BCUT2D eigenvalue weighted by Crippen LogP contribution is -2.48. The van der Waals surface area contributed by atoms with Gasteiger partial charge in [0.2, 0.25) is 5.91 Å². The molecule has 0 radical (unpaired) electrons. The first-order valence-corrected chi connectivity index (χ1v) is 6.73. The molecular formula is C12H18N4O6. The van der Waals surface area contributed by atoms with Gasteiger partial charge in [0.05, 0.1) is 6.61 Å². The Morgan fingerprint density at radius 2 is 2.23 bits per heavy atom. The van der Waals surface area contributed by atoms with E-state index in [0.717, 1.165) is 10.6 Å². The van der Waals surface area contributed by atoms with Gasteiger partial charge in [0, 0.05) is 25.2 Å². The topological polar surface area (TPSA) is 160 Å². The summed E-state index contributed by atoms with van der Waals surface area (Å²) < 4.78 is 6.45. The Balaban J connectivity index is 2.31. The summed E-state index contributed by atoms with van der Waals surface area (Å²) in [5.74, 6) is -0.420. The van der Waals surface area contributed by atoms with Crippen molar-refractivity contribution in [3.63, 3.8) is 0 Å². The lowest BCUT2D eigenvalue weighted by molar-refractivity contribution is -0.123. The fraction of sp³-hybridized carbons (Fsp3) is 0.583. The van der Waals surface area contributed by atoms with Crippen molar-refractivity contribution in [2.75, 3.05) is 13.2 Å². The molecule has 0 aliphatic carbocycles. The molecule has 1 amide bonds. The summed E-state index contributed by atoms with van der Waals surface area (Å²) in [4.78, 5) is 36.7. The molecule has 1 aromatic heterocycles. The zero-order valence-electron chi connectivity index (χ0n) is 11.6. The summed E-state index contributed by atoms with van der Waals surface area (Å²) in [7, 11) is 0. The maximum Gasteiger partial charge on any atom is 0.330 e. The average Bonchev–Trinajstić information content (AvgIpc) is 2.76. The molecule has 0 aromatic carbocycles. The number of rotatable bonds is 5. The van der Waals surface area contributed by atoms with Crippen LogP contribution >= 0.6 is 0 Å². The summed E-state index contributed by atoms with van der Waals surface area (Å²) in [5.41, 5.74) is 3.96. The van der Waals surface area contributed by atoms with Crippen LogP contribution in [-0.4, -0.2) is 57.1 Å². The number of hydrogen-bond donors (Lipinski definition) is 5. The van der Waals surface area contributed by atoms with Crippen molar-refractivity contribution in [3.8, 4) is 0 Å². The van der Waals surface area contributed by atoms with E-state index >= 15 is 0 Å². The molecule has 0 saturated carbocycles. The highest BCUT2D eigenvalue weighted by Gasteiger charge is 2.45. The monoisotopic (exact) mass is 314 g/mol. The lowest BCUT2D eigenvalue weighted by Gasteiger charge is -2.22. The van der Waals surface area contributed by atoms with E-state index < -0.39 is 48.2 Å². The third kappa shape index (κ3) is 3.25. The number of aliphatic hydroxyl groups is 2. The van der Waals surface area contributed by atoms with Crippen molar-refractivity contribution in [1.29, 1.82) is 0 Å². The van der Waals surface area contributed by atoms with Crippen LogP contribution in [0.3, 0.4) is 0 Å². The molecule has 22 heavy (non-hydrogen) atoms. The minimum atomic E-state index is -1.21. The maximum atomic E-state index is 11.8. The second-order valence-electron chi connectivity index (χ2n) is 4.89. The predicted octanol–water partition coefficient (Wildman–Crippen LogP) is -3.38. The number of nitrogens with one attached hydrogen (secondary N) is 2. The first-order chi connectivity index (χ1) is 10.5. The van der Waals surface area contributed by atoms with Crippen LogP contribution in [0.2, 0.25) is 0 Å². The van der Waals surface area contributed by atoms with Crippen molar-refractivity contribution in [2.45, 2.75) is 30.9 Å². The number of H-pyrrole nitrogens is 1. The minimum Gasteiger partial charge on any atom is -0.394 e. The fourth-order valence-corrected chi connectivity index (χ4v) is 2.31. The van der Waals surface area contributed by atoms with E-state index in [-0.39, 0.29) is 13.0 Å². The van der Waals surface area contributed by atoms with Gasteiger partial charge in [0.15, 0.2) is 6.23 Å². The SMILES string of the molecule is NCCC(=O)NC1C(O)[C@@H](CO)O[C@H]1n1ccc(=O)[nH]c1=O. The molecule has 122 valence electrons. The molecule has 2 rings (SSSR count). The molecule has 10 nitrogen and oxygen atoms in total. The van der Waals surface area contributed by atoms with Gasteiger partial charge in [-0.05, 0) is 0 Å². The molecule has 10 heteroatoms. The van der Waals surface area contributed by atoms with Crippen molar-refractivity contribution in [1.82, 2.24) is 14.9 Å². The molecule has 1 saturated heterocycles. The van der Waals surface area contributed by atoms with Crippen LogP contribution in [0.25, 0.3) is 0 Å². The van der Waals surface area contributed by atoms with Crippen LogP contribution in [0.4, 0.5) is 0 Å². The van der Waals surface area contributed by atoms with Crippen LogP contribution < -0.4 is 22.3 Å². The Morgan fingerprint density at radius 3 is 2.82 bits per heavy atom. The third-order valence-corrected chi connectivity index (χ3v) is 3.37. The number of aliphatic hydroxyl groups excluding tert-OH is 2. The molecule has 6 N–H and O–H groups in total. The van der Waals surface area contributed by atoms with Crippen LogP contribution in [0.15, 0.2) is 21.9 Å². The normalized spacial score (nSPS) is 27.8. The molecule has 0 spiro atoms. The molecule has 2 unspecified atom stereocenters. The zero-order valence-corrected chi connectivity index (χ0v) is 11.6. The van der Waals surface area contributed by atoms with Crippen LogP contribution in [0.5, 0.6) is 0 Å². The Labute approximate surface area is 124 Å². The van der Waals surface area contributed by atoms with Gasteiger partial charge in [0.25, 0.3) is 5.56 Å². The third-order valence-electron chi connectivity index (χ3n) is 3.37. The summed E-state index contributed by atoms with van der Waals surface area (Å²) >= 11 is 0. The van der Waals surface area contributed by atoms with Gasteiger partial charge in [-0.15, -0.1) is 0 Å². The van der Waals surface area contributed by atoms with Gasteiger partial charge in [0.1, 0.15) is 18.2 Å². The number of carbonyl (C=O) groups excluding carboxylic acids is 1. The van der Waals surface area contributed by atoms with Gasteiger partial charge in [-0.3, -0.25) is 19.1 Å². The Hall–Kier alpha value is -2.01. The van der Waals surface area contributed by atoms with Gasteiger partial charge < -0.3 is 26.0 Å². The molecule has 1 aromatic rings. The van der Waals surface area contributed by atoms with Crippen molar-refractivity contribution in [2.24, 2.45) is 5.73 Å². The first-order valence-electron chi connectivity index (χ1n) is 6.73. The maximum absolute atomic E-state index is 11.8. The second kappa shape index (κ2) is 6.83. The van der Waals surface area contributed by atoms with E-state index in [2.05, 4.69) is 10.3 Å². The number of ether oxygens (including phenoxy) is 1. The number of carbonyl (C=O) groups is 1. The van der Waals surface area contributed by atoms with E-state index in [1.807, 2.05) is 0 Å². The Bertz CT molecular complexity index is 641. The molecule has 0 bridgehead atoms. The first kappa shape index (κ1) is 16.4. The fourth-order valence-electron chi connectivity index (χ4n) is 2.31. The number of nitrogens with two attached hydrogens (primary N) is 1. The van der Waals surface area contributed by atoms with Crippen molar-refractivity contribution >= 4 is 5.91 Å². The number of hydrogen-bond acceptors (Lipinski definition) is 7. The van der Waals surface area contributed by atoms with E-state index in [1.54, 1.807) is 0 Å². The van der Waals surface area contributed by atoms with Gasteiger partial charge >= 0.3 is 5.69 Å². The number of aromatic amines is 1. The molecule has 2 heterocycles. The molecule has 1 aliphatic rings. The minimum absolute atomic E-state index is 0.0419. The highest BCUT2D eigenvalue weighted by atomic mass is 16.5. The lowest BCUT2D eigenvalue weighted by atomic mass is 10.1. The Morgan fingerprint density at radius 1 is 1.50 bits per heavy atom. The Kier molecular flexibility index (Phi) is 5.08. The van der Waals surface area contributed by atoms with E-state index in [1.165, 1.54) is 6.20 Å². The predicted molar refractivity (Wildman–Crippen MR) is 73.9 cm³/mol. The van der Waals surface area contributed by atoms with Crippen molar-refractivity contribution < 1.29 is 19.7 Å². The molecule has 1 aliphatic heterocycles. The van der Waals surface area contributed by atoms with E-state index in [9.17, 15) is 24.6 Å². The highest BCUT2D eigenvalue weighted by Crippen LogP contribution is 2.28. The van der Waals surface area contributed by atoms with Gasteiger partial charge in [-0.25, -0.2) is 4.79 Å². The summed E-state index contributed by atoms with van der Waals surface area (Å²) in [6, 6.07) is 0.155. The highest BCUT2D eigenvalue weighted by molar-refractivity contribution is 5.76. The van der Waals surface area contributed by atoms with E-state index in [4.69, 9.17) is 10.5 Å². The van der Waals surface area contributed by atoms with Crippen molar-refractivity contribution in [3.05, 3.63) is 33.1 Å². The molecular weight excluding hydrogens is 296 g/mol. The van der Waals surface area contributed by atoms with Gasteiger partial charge in [-0.1, -0.05) is 0 Å². The summed E-state index contributed by atoms with van der Waals surface area (Å²) in [5, 5.41) is 21.9. The standard InChI is InChI=1S/C12H18N4O6/c13-3-1-7(18)14-9-10(20)6(5-17)22-11(9)16-4-2-8(19)15-12(16)21/h2,4,6,9-11,17,20H,1,3,5,13H2,(H,14,18)(H,15,19,21)/t6-,9?,10?,11-/m1/s1. The van der Waals surface area contributed by atoms with Crippen LogP contribution in [0, 0.1) is 0 Å². The average molecular weight is 314 g/mol. The number of aromatic nitrogens is 2. The summed E-state index contributed by atoms with van der Waals surface area (Å²) in [6.45, 7) is -0.360.